The van der Waals surface area contributed by atoms with Gasteiger partial charge in [-0.05, 0) is 43.5 Å². The Bertz CT molecular complexity index is 753. The molecule has 26 heavy (non-hydrogen) atoms. The van der Waals surface area contributed by atoms with Crippen molar-refractivity contribution in [1.29, 1.82) is 0 Å². The van der Waals surface area contributed by atoms with Gasteiger partial charge in [-0.3, -0.25) is 9.59 Å². The summed E-state index contributed by atoms with van der Waals surface area (Å²) in [6.45, 7) is 4.43. The zero-order chi connectivity index (χ0) is 19.3. The Labute approximate surface area is 158 Å². The highest BCUT2D eigenvalue weighted by Gasteiger charge is 2.18. The van der Waals surface area contributed by atoms with E-state index in [2.05, 4.69) is 9.69 Å². The molecule has 2 aromatic rings. The van der Waals surface area contributed by atoms with Gasteiger partial charge in [0, 0.05) is 16.5 Å². The van der Waals surface area contributed by atoms with Crippen LogP contribution in [-0.4, -0.2) is 47.6 Å². The van der Waals surface area contributed by atoms with Crippen LogP contribution in [0.2, 0.25) is 0 Å². The normalized spacial score (nSPS) is 12.4. The van der Waals surface area contributed by atoms with Crippen molar-refractivity contribution in [1.82, 2.24) is 9.27 Å². The van der Waals surface area contributed by atoms with Gasteiger partial charge in [0.25, 0.3) is 0 Å². The lowest BCUT2D eigenvalue weighted by Crippen LogP contribution is -2.36. The monoisotopic (exact) mass is 374 g/mol. The van der Waals surface area contributed by atoms with Crippen LogP contribution in [0.4, 0.5) is 5.82 Å². The lowest BCUT2D eigenvalue weighted by molar-refractivity contribution is -0.117. The van der Waals surface area contributed by atoms with Gasteiger partial charge in [-0.2, -0.15) is 4.37 Å². The molecule has 1 heterocycles. The molecule has 0 fully saturated rings. The molecule has 0 unspecified atom stereocenters. The number of hydrogen-bond donors (Lipinski definition) is 2. The van der Waals surface area contributed by atoms with Crippen molar-refractivity contribution in [3.63, 3.8) is 0 Å². The summed E-state index contributed by atoms with van der Waals surface area (Å²) in [4.78, 5) is 26.2. The number of Topliss-reactive ketones (excluding diaryl/α,β-unsaturated/α-hetero) is 1. The first-order valence-corrected chi connectivity index (χ1v) is 9.40. The molecule has 1 aromatic carbocycles. The van der Waals surface area contributed by atoms with E-state index in [0.717, 1.165) is 11.1 Å². The fourth-order valence-electron chi connectivity index (χ4n) is 2.57. The number of amides is 1. The molecule has 0 aliphatic heterocycles. The molecule has 0 aliphatic carbocycles. The maximum atomic E-state index is 12.3. The standard InChI is InChI=1S/C19H26N4O2S/c1-12(2)9-16(20)19(25)21-18-15(11-26-22-18)13-5-7-14(8-6-13)17(24)10-23(3)4/h5-8,11-12,16H,9-10,20H2,1-4H3,(H,21,22,25)/t16-/m0/s1. The van der Waals surface area contributed by atoms with E-state index in [0.29, 0.717) is 30.3 Å². The van der Waals surface area contributed by atoms with Crippen molar-refractivity contribution in [3.05, 3.63) is 35.2 Å². The van der Waals surface area contributed by atoms with E-state index in [4.69, 9.17) is 5.73 Å². The second-order valence-electron chi connectivity index (χ2n) is 7.04. The van der Waals surface area contributed by atoms with Crippen LogP contribution in [0.25, 0.3) is 11.1 Å². The molecular formula is C19H26N4O2S. The molecule has 0 spiro atoms. The molecule has 0 bridgehead atoms. The van der Waals surface area contributed by atoms with Gasteiger partial charge in [-0.1, -0.05) is 38.1 Å². The highest BCUT2D eigenvalue weighted by Crippen LogP contribution is 2.29. The molecule has 0 saturated carbocycles. The number of carbonyl (C=O) groups is 2. The van der Waals surface area contributed by atoms with Crippen molar-refractivity contribution >= 4 is 29.0 Å². The van der Waals surface area contributed by atoms with E-state index in [9.17, 15) is 9.59 Å². The number of nitrogens with two attached hydrogens (primary N) is 1. The molecule has 1 amide bonds. The Morgan fingerprint density at radius 2 is 1.88 bits per heavy atom. The van der Waals surface area contributed by atoms with Gasteiger partial charge < -0.3 is 16.0 Å². The minimum Gasteiger partial charge on any atom is -0.320 e. The van der Waals surface area contributed by atoms with Crippen molar-refractivity contribution in [3.8, 4) is 11.1 Å². The van der Waals surface area contributed by atoms with Gasteiger partial charge in [0.2, 0.25) is 5.91 Å². The molecule has 0 aliphatic rings. The Morgan fingerprint density at radius 3 is 2.46 bits per heavy atom. The molecule has 0 radical (unpaired) electrons. The van der Waals surface area contributed by atoms with Crippen LogP contribution in [0.1, 0.15) is 30.6 Å². The fourth-order valence-corrected chi connectivity index (χ4v) is 3.23. The van der Waals surface area contributed by atoms with Gasteiger partial charge in [0.1, 0.15) is 0 Å². The molecule has 1 aromatic heterocycles. The van der Waals surface area contributed by atoms with E-state index >= 15 is 0 Å². The van der Waals surface area contributed by atoms with Crippen molar-refractivity contribution in [2.24, 2.45) is 11.7 Å². The summed E-state index contributed by atoms with van der Waals surface area (Å²) in [5.74, 6) is 0.686. The second-order valence-corrected chi connectivity index (χ2v) is 7.67. The number of anilines is 1. The molecule has 3 N–H and O–H groups in total. The lowest BCUT2D eigenvalue weighted by atomic mass is 10.0. The van der Waals surface area contributed by atoms with E-state index < -0.39 is 6.04 Å². The van der Waals surface area contributed by atoms with E-state index in [1.165, 1.54) is 11.5 Å². The molecule has 140 valence electrons. The maximum absolute atomic E-state index is 12.3. The highest BCUT2D eigenvalue weighted by molar-refractivity contribution is 7.04. The number of benzene rings is 1. The fraction of sp³-hybridized carbons (Fsp3) is 0.421. The van der Waals surface area contributed by atoms with Crippen LogP contribution in [0.3, 0.4) is 0 Å². The minimum absolute atomic E-state index is 0.0678. The molecule has 6 nitrogen and oxygen atoms in total. The van der Waals surface area contributed by atoms with Crippen LogP contribution in [0, 0.1) is 5.92 Å². The predicted molar refractivity (Wildman–Crippen MR) is 106 cm³/mol. The third-order valence-electron chi connectivity index (χ3n) is 3.85. The number of ketones is 1. The molecule has 7 heteroatoms. The zero-order valence-electron chi connectivity index (χ0n) is 15.7. The Hall–Kier alpha value is -2.09. The van der Waals surface area contributed by atoms with E-state index in [1.54, 1.807) is 12.1 Å². The predicted octanol–water partition coefficient (Wildman–Crippen LogP) is 2.87. The van der Waals surface area contributed by atoms with Gasteiger partial charge in [-0.15, -0.1) is 0 Å². The Balaban J connectivity index is 2.12. The summed E-state index contributed by atoms with van der Waals surface area (Å²) in [7, 11) is 3.73. The first kappa shape index (κ1) is 20.2. The second kappa shape index (κ2) is 9.02. The van der Waals surface area contributed by atoms with Crippen LogP contribution in [0.15, 0.2) is 29.6 Å². The minimum atomic E-state index is -0.560. The largest absolute Gasteiger partial charge is 0.320 e. The number of hydrogen-bond acceptors (Lipinski definition) is 6. The third kappa shape index (κ3) is 5.45. The number of rotatable bonds is 8. The summed E-state index contributed by atoms with van der Waals surface area (Å²) in [5.41, 5.74) is 8.32. The number of nitrogens with one attached hydrogen (secondary N) is 1. The lowest BCUT2D eigenvalue weighted by Gasteiger charge is -2.14. The summed E-state index contributed by atoms with van der Waals surface area (Å²) < 4.78 is 4.27. The Kier molecular flexibility index (Phi) is 7.02. The smallest absolute Gasteiger partial charge is 0.242 e. The van der Waals surface area contributed by atoms with Crippen molar-refractivity contribution in [2.75, 3.05) is 26.0 Å². The zero-order valence-corrected chi connectivity index (χ0v) is 16.5. The van der Waals surface area contributed by atoms with Gasteiger partial charge >= 0.3 is 0 Å². The summed E-state index contributed by atoms with van der Waals surface area (Å²) >= 11 is 1.27. The highest BCUT2D eigenvalue weighted by atomic mass is 32.1. The number of likely N-dealkylation sites (N-methyl/N-ethyl adjacent to an activating group) is 1. The van der Waals surface area contributed by atoms with Crippen LogP contribution in [0.5, 0.6) is 0 Å². The van der Waals surface area contributed by atoms with Crippen LogP contribution in [-0.2, 0) is 4.79 Å². The average Bonchev–Trinajstić information content (AvgIpc) is 3.01. The third-order valence-corrected chi connectivity index (χ3v) is 4.48. The van der Waals surface area contributed by atoms with E-state index in [1.807, 2.05) is 50.4 Å². The first-order chi connectivity index (χ1) is 12.3. The summed E-state index contributed by atoms with van der Waals surface area (Å²) in [6, 6.07) is 6.78. The van der Waals surface area contributed by atoms with Gasteiger partial charge in [0.05, 0.1) is 12.6 Å². The van der Waals surface area contributed by atoms with Gasteiger partial charge in [0.15, 0.2) is 11.6 Å². The molecule has 2 rings (SSSR count). The summed E-state index contributed by atoms with van der Waals surface area (Å²) in [6.07, 6.45) is 0.619. The Morgan fingerprint density at radius 1 is 1.23 bits per heavy atom. The first-order valence-electron chi connectivity index (χ1n) is 8.57. The quantitative estimate of drug-likeness (QED) is 0.694. The van der Waals surface area contributed by atoms with E-state index in [-0.39, 0.29) is 11.7 Å². The van der Waals surface area contributed by atoms with Crippen molar-refractivity contribution < 1.29 is 9.59 Å². The molecule has 1 atom stereocenters. The van der Waals surface area contributed by atoms with Crippen molar-refractivity contribution in [2.45, 2.75) is 26.3 Å². The molecular weight excluding hydrogens is 348 g/mol. The maximum Gasteiger partial charge on any atom is 0.242 e. The topological polar surface area (TPSA) is 88.3 Å². The number of aromatic nitrogens is 1. The molecule has 0 saturated heterocycles. The van der Waals surface area contributed by atoms with Crippen LogP contribution >= 0.6 is 11.5 Å². The number of carbonyl (C=O) groups excluding carboxylic acids is 2. The number of nitrogens with zero attached hydrogens (tertiary/aromatic N) is 2. The van der Waals surface area contributed by atoms with Gasteiger partial charge in [-0.25, -0.2) is 0 Å². The SMILES string of the molecule is CC(C)C[C@H](N)C(=O)Nc1nscc1-c1ccc(C(=O)CN(C)C)cc1. The summed E-state index contributed by atoms with van der Waals surface area (Å²) in [5, 5.41) is 4.69. The average molecular weight is 375 g/mol. The van der Waals surface area contributed by atoms with Crippen LogP contribution < -0.4 is 11.1 Å².